The van der Waals surface area contributed by atoms with Crippen LogP contribution in [0.3, 0.4) is 0 Å². The molecule has 192 valence electrons. The summed E-state index contributed by atoms with van der Waals surface area (Å²) in [5, 5.41) is 3.54. The lowest BCUT2D eigenvalue weighted by molar-refractivity contribution is 0.171. The fourth-order valence-corrected chi connectivity index (χ4v) is 4.66. The number of hydrogen-bond donors (Lipinski definition) is 1. The minimum absolute atomic E-state index is 0.168. The molecule has 2 amide bonds. The van der Waals surface area contributed by atoms with Gasteiger partial charge in [-0.1, -0.05) is 54.9 Å². The van der Waals surface area contributed by atoms with Crippen molar-refractivity contribution in [3.63, 3.8) is 0 Å². The summed E-state index contributed by atoms with van der Waals surface area (Å²) in [4.78, 5) is 34.3. The normalized spacial score (nSPS) is 11.9. The molecule has 3 aromatic carbocycles. The van der Waals surface area contributed by atoms with Gasteiger partial charge in [-0.3, -0.25) is 9.36 Å². The summed E-state index contributed by atoms with van der Waals surface area (Å²) in [5.74, 6) is 1.37. The quantitative estimate of drug-likeness (QED) is 0.256. The summed E-state index contributed by atoms with van der Waals surface area (Å²) in [6, 6.07) is 21.4. The molecular formula is C29H31BrN4O3. The molecule has 1 aromatic heterocycles. The number of para-hydroxylation sites is 1. The highest BCUT2D eigenvalue weighted by Crippen LogP contribution is 2.28. The monoisotopic (exact) mass is 562 g/mol. The van der Waals surface area contributed by atoms with Gasteiger partial charge in [0, 0.05) is 22.8 Å². The van der Waals surface area contributed by atoms with E-state index in [1.807, 2.05) is 67.6 Å². The number of amides is 2. The van der Waals surface area contributed by atoms with Crippen LogP contribution in [0.15, 0.2) is 82.1 Å². The minimum Gasteiger partial charge on any atom is -0.497 e. The van der Waals surface area contributed by atoms with E-state index in [0.717, 1.165) is 4.47 Å². The number of nitrogens with zero attached hydrogens (tertiary/aromatic N) is 3. The fourth-order valence-electron chi connectivity index (χ4n) is 4.40. The standard InChI is InChI=1S/C29H31BrN4O3/c1-5-26(33(18-19(2)3)29(36)31-21-9-8-10-23(17-21)37-4)27-32-25-12-7-6-11-24(25)28(35)34(27)22-15-13-20(30)14-16-22/h6-17,19,26H,5,18H2,1-4H3,(H,31,36). The summed E-state index contributed by atoms with van der Waals surface area (Å²) in [6.45, 7) is 6.61. The number of carbonyl (C=O) groups is 1. The number of ether oxygens (including phenoxy) is 1. The van der Waals surface area contributed by atoms with Gasteiger partial charge in [0.2, 0.25) is 0 Å². The smallest absolute Gasteiger partial charge is 0.322 e. The summed E-state index contributed by atoms with van der Waals surface area (Å²) in [6.07, 6.45) is 0.569. The van der Waals surface area contributed by atoms with E-state index in [-0.39, 0.29) is 17.5 Å². The summed E-state index contributed by atoms with van der Waals surface area (Å²) < 4.78 is 7.85. The van der Waals surface area contributed by atoms with E-state index in [0.29, 0.717) is 46.8 Å². The average molecular weight is 563 g/mol. The van der Waals surface area contributed by atoms with Crippen molar-refractivity contribution < 1.29 is 9.53 Å². The van der Waals surface area contributed by atoms with Gasteiger partial charge in [0.15, 0.2) is 0 Å². The molecule has 0 saturated heterocycles. The van der Waals surface area contributed by atoms with Gasteiger partial charge in [-0.15, -0.1) is 0 Å². The minimum atomic E-state index is -0.450. The Hall–Kier alpha value is -3.65. The Morgan fingerprint density at radius 1 is 1.08 bits per heavy atom. The molecule has 37 heavy (non-hydrogen) atoms. The Morgan fingerprint density at radius 3 is 2.49 bits per heavy atom. The van der Waals surface area contributed by atoms with Gasteiger partial charge in [-0.05, 0) is 60.9 Å². The number of rotatable bonds is 8. The highest BCUT2D eigenvalue weighted by molar-refractivity contribution is 9.10. The van der Waals surface area contributed by atoms with Crippen molar-refractivity contribution in [1.29, 1.82) is 0 Å². The zero-order valence-electron chi connectivity index (χ0n) is 21.4. The van der Waals surface area contributed by atoms with Gasteiger partial charge in [-0.2, -0.15) is 0 Å². The first-order valence-electron chi connectivity index (χ1n) is 12.3. The van der Waals surface area contributed by atoms with Gasteiger partial charge < -0.3 is 15.0 Å². The van der Waals surface area contributed by atoms with Crippen LogP contribution in [0.1, 0.15) is 39.1 Å². The van der Waals surface area contributed by atoms with E-state index in [1.165, 1.54) is 0 Å². The Kier molecular flexibility index (Phi) is 8.28. The molecule has 8 heteroatoms. The number of halogens is 1. The topological polar surface area (TPSA) is 76.5 Å². The maximum atomic E-state index is 13.8. The third kappa shape index (κ3) is 5.85. The first-order valence-corrected chi connectivity index (χ1v) is 13.1. The van der Waals surface area contributed by atoms with E-state index in [2.05, 4.69) is 35.1 Å². The molecule has 0 aliphatic heterocycles. The van der Waals surface area contributed by atoms with Gasteiger partial charge in [0.25, 0.3) is 5.56 Å². The number of urea groups is 1. The third-order valence-corrected chi connectivity index (χ3v) is 6.62. The maximum absolute atomic E-state index is 13.8. The van der Waals surface area contributed by atoms with E-state index < -0.39 is 6.04 Å². The molecule has 0 saturated carbocycles. The van der Waals surface area contributed by atoms with E-state index in [1.54, 1.807) is 28.7 Å². The predicted octanol–water partition coefficient (Wildman–Crippen LogP) is 6.80. The van der Waals surface area contributed by atoms with Crippen LogP contribution in [0.25, 0.3) is 16.6 Å². The zero-order valence-corrected chi connectivity index (χ0v) is 23.0. The molecule has 0 aliphatic carbocycles. The number of benzene rings is 3. The first kappa shape index (κ1) is 26.4. The van der Waals surface area contributed by atoms with E-state index in [9.17, 15) is 9.59 Å². The van der Waals surface area contributed by atoms with Crippen molar-refractivity contribution in [1.82, 2.24) is 14.5 Å². The van der Waals surface area contributed by atoms with Crippen LogP contribution in [0.5, 0.6) is 5.75 Å². The SMILES string of the molecule is CCC(c1nc2ccccc2c(=O)n1-c1ccc(Br)cc1)N(CC(C)C)C(=O)Nc1cccc(OC)c1. The Balaban J connectivity index is 1.86. The summed E-state index contributed by atoms with van der Waals surface area (Å²) >= 11 is 3.48. The second-order valence-corrected chi connectivity index (χ2v) is 10.2. The fraction of sp³-hybridized carbons (Fsp3) is 0.276. The second kappa shape index (κ2) is 11.6. The lowest BCUT2D eigenvalue weighted by Crippen LogP contribution is -2.42. The molecule has 1 atom stereocenters. The van der Waals surface area contributed by atoms with E-state index >= 15 is 0 Å². The number of methoxy groups -OCH3 is 1. The van der Waals surface area contributed by atoms with E-state index in [4.69, 9.17) is 9.72 Å². The summed E-state index contributed by atoms with van der Waals surface area (Å²) in [5.41, 5.74) is 1.76. The molecule has 4 aromatic rings. The lowest BCUT2D eigenvalue weighted by atomic mass is 10.1. The van der Waals surface area contributed by atoms with Gasteiger partial charge in [-0.25, -0.2) is 9.78 Å². The summed E-state index contributed by atoms with van der Waals surface area (Å²) in [7, 11) is 1.59. The Labute approximate surface area is 225 Å². The number of aromatic nitrogens is 2. The molecule has 7 nitrogen and oxygen atoms in total. The number of hydrogen-bond acceptors (Lipinski definition) is 4. The maximum Gasteiger partial charge on any atom is 0.322 e. The third-order valence-electron chi connectivity index (χ3n) is 6.09. The number of carbonyl (C=O) groups excluding carboxylic acids is 1. The molecule has 0 bridgehead atoms. The van der Waals surface area contributed by atoms with Gasteiger partial charge in [0.05, 0.1) is 29.7 Å². The van der Waals surface area contributed by atoms with Gasteiger partial charge in [0.1, 0.15) is 11.6 Å². The number of anilines is 1. The second-order valence-electron chi connectivity index (χ2n) is 9.24. The highest BCUT2D eigenvalue weighted by Gasteiger charge is 2.30. The van der Waals surface area contributed by atoms with Crippen LogP contribution in [0.4, 0.5) is 10.5 Å². The molecule has 1 heterocycles. The number of nitrogens with one attached hydrogen (secondary N) is 1. The molecule has 4 rings (SSSR count). The Morgan fingerprint density at radius 2 is 1.81 bits per heavy atom. The van der Waals surface area contributed by atoms with Crippen molar-refractivity contribution in [2.75, 3.05) is 19.0 Å². The van der Waals surface area contributed by atoms with Crippen molar-refractivity contribution in [3.05, 3.63) is 93.4 Å². The zero-order chi connectivity index (χ0) is 26.5. The van der Waals surface area contributed by atoms with Crippen molar-refractivity contribution >= 4 is 38.6 Å². The van der Waals surface area contributed by atoms with Crippen molar-refractivity contribution in [2.24, 2.45) is 5.92 Å². The predicted molar refractivity (Wildman–Crippen MR) is 152 cm³/mol. The van der Waals surface area contributed by atoms with Crippen molar-refractivity contribution in [3.8, 4) is 11.4 Å². The molecule has 0 spiro atoms. The first-order chi connectivity index (χ1) is 17.8. The molecule has 1 N–H and O–H groups in total. The van der Waals surface area contributed by atoms with Crippen LogP contribution in [0, 0.1) is 5.92 Å². The lowest BCUT2D eigenvalue weighted by Gasteiger charge is -2.33. The van der Waals surface area contributed by atoms with Crippen LogP contribution in [0.2, 0.25) is 0 Å². The average Bonchev–Trinajstić information content (AvgIpc) is 2.89. The van der Waals surface area contributed by atoms with Crippen LogP contribution >= 0.6 is 15.9 Å². The van der Waals surface area contributed by atoms with Crippen LogP contribution < -0.4 is 15.6 Å². The highest BCUT2D eigenvalue weighted by atomic mass is 79.9. The molecular weight excluding hydrogens is 532 g/mol. The molecule has 0 aliphatic rings. The van der Waals surface area contributed by atoms with Crippen LogP contribution in [-0.4, -0.2) is 34.1 Å². The molecule has 1 unspecified atom stereocenters. The van der Waals surface area contributed by atoms with Crippen molar-refractivity contribution in [2.45, 2.75) is 33.2 Å². The molecule has 0 radical (unpaired) electrons. The Bertz CT molecular complexity index is 1450. The largest absolute Gasteiger partial charge is 0.497 e. The number of fused-ring (bicyclic) bond motifs is 1. The van der Waals surface area contributed by atoms with Crippen LogP contribution in [-0.2, 0) is 0 Å². The van der Waals surface area contributed by atoms with Gasteiger partial charge >= 0.3 is 6.03 Å². The molecule has 0 fully saturated rings.